The van der Waals surface area contributed by atoms with Crippen LogP contribution < -0.4 is 5.73 Å². The number of fused-ring (bicyclic) bond motifs is 2. The zero-order chi connectivity index (χ0) is 11.0. The molecule has 2 nitrogen and oxygen atoms in total. The van der Waals surface area contributed by atoms with E-state index in [1.54, 1.807) is 0 Å². The summed E-state index contributed by atoms with van der Waals surface area (Å²) >= 11 is 1.88. The van der Waals surface area contributed by atoms with Crippen LogP contribution in [0.25, 0.3) is 0 Å². The standard InChI is InChI=1S/C13H20N2S.2ClH/c14-10-7-11-3-1-4-12(8-10)15(11)9-13-5-2-6-16-13;;/h2,5-6,10-12H,1,3-4,7-9,14H2;2*1H. The molecule has 1 aromatic rings. The van der Waals surface area contributed by atoms with Crippen LogP contribution in [0.5, 0.6) is 0 Å². The van der Waals surface area contributed by atoms with Crippen LogP contribution in [0.15, 0.2) is 17.5 Å². The molecule has 2 saturated heterocycles. The summed E-state index contributed by atoms with van der Waals surface area (Å²) in [4.78, 5) is 4.23. The van der Waals surface area contributed by atoms with Crippen LogP contribution in [-0.2, 0) is 6.54 Å². The third-order valence-electron chi connectivity index (χ3n) is 4.08. The molecule has 0 radical (unpaired) electrons. The normalized spacial score (nSPS) is 31.3. The van der Waals surface area contributed by atoms with Crippen molar-refractivity contribution >= 4 is 36.2 Å². The maximum absolute atomic E-state index is 6.14. The van der Waals surface area contributed by atoms with Crippen LogP contribution in [-0.4, -0.2) is 23.0 Å². The van der Waals surface area contributed by atoms with Gasteiger partial charge in [0.05, 0.1) is 0 Å². The molecule has 104 valence electrons. The number of hydrogen-bond donors (Lipinski definition) is 1. The Hall–Kier alpha value is 0.200. The summed E-state index contributed by atoms with van der Waals surface area (Å²) < 4.78 is 0. The fourth-order valence-corrected chi connectivity index (χ4v) is 4.07. The molecule has 2 atom stereocenters. The topological polar surface area (TPSA) is 29.3 Å². The first-order valence-corrected chi connectivity index (χ1v) is 7.24. The van der Waals surface area contributed by atoms with Gasteiger partial charge in [0.25, 0.3) is 0 Å². The molecular weight excluding hydrogens is 287 g/mol. The Kier molecular flexibility index (Phi) is 6.42. The predicted octanol–water partition coefficient (Wildman–Crippen LogP) is 3.44. The predicted molar refractivity (Wildman–Crippen MR) is 83.0 cm³/mol. The van der Waals surface area contributed by atoms with Gasteiger partial charge in [0.2, 0.25) is 0 Å². The van der Waals surface area contributed by atoms with Crippen molar-refractivity contribution in [3.63, 3.8) is 0 Å². The monoisotopic (exact) mass is 308 g/mol. The van der Waals surface area contributed by atoms with E-state index in [1.807, 2.05) is 11.3 Å². The summed E-state index contributed by atoms with van der Waals surface area (Å²) in [6.07, 6.45) is 6.54. The van der Waals surface area contributed by atoms with Gasteiger partial charge in [0, 0.05) is 29.5 Å². The Morgan fingerprint density at radius 2 is 1.89 bits per heavy atom. The Labute approximate surface area is 126 Å². The minimum Gasteiger partial charge on any atom is -0.328 e. The SMILES string of the molecule is Cl.Cl.NC1CC2CCCC(C1)N2Cc1cccs1. The van der Waals surface area contributed by atoms with E-state index >= 15 is 0 Å². The van der Waals surface area contributed by atoms with Crippen LogP contribution in [0.3, 0.4) is 0 Å². The lowest BCUT2D eigenvalue weighted by atomic mass is 9.82. The summed E-state index contributed by atoms with van der Waals surface area (Å²) in [5.74, 6) is 0. The highest BCUT2D eigenvalue weighted by atomic mass is 35.5. The highest BCUT2D eigenvalue weighted by Gasteiger charge is 2.36. The number of nitrogens with two attached hydrogens (primary N) is 1. The molecule has 0 amide bonds. The Bertz CT molecular complexity index is 331. The molecule has 3 heterocycles. The van der Waals surface area contributed by atoms with Gasteiger partial charge in [-0.3, -0.25) is 4.90 Å². The Morgan fingerprint density at radius 1 is 1.22 bits per heavy atom. The maximum atomic E-state index is 6.14. The first kappa shape index (κ1) is 16.3. The molecule has 5 heteroatoms. The fourth-order valence-electron chi connectivity index (χ4n) is 3.36. The molecule has 2 bridgehead atoms. The summed E-state index contributed by atoms with van der Waals surface area (Å²) in [7, 11) is 0. The van der Waals surface area contributed by atoms with Gasteiger partial charge in [-0.2, -0.15) is 0 Å². The molecule has 2 aliphatic rings. The summed E-state index contributed by atoms with van der Waals surface area (Å²) in [6.45, 7) is 1.15. The largest absolute Gasteiger partial charge is 0.328 e. The molecule has 0 spiro atoms. The number of rotatable bonds is 2. The molecule has 1 aromatic heterocycles. The Morgan fingerprint density at radius 3 is 2.44 bits per heavy atom. The van der Waals surface area contributed by atoms with E-state index in [1.165, 1.54) is 37.0 Å². The van der Waals surface area contributed by atoms with Gasteiger partial charge in [0.1, 0.15) is 0 Å². The molecule has 18 heavy (non-hydrogen) atoms. The molecule has 2 unspecified atom stereocenters. The van der Waals surface area contributed by atoms with Gasteiger partial charge in [0.15, 0.2) is 0 Å². The molecule has 0 aromatic carbocycles. The van der Waals surface area contributed by atoms with Crippen molar-refractivity contribution < 1.29 is 0 Å². The maximum Gasteiger partial charge on any atom is 0.0333 e. The molecule has 2 fully saturated rings. The zero-order valence-corrected chi connectivity index (χ0v) is 12.9. The molecule has 3 rings (SSSR count). The first-order chi connectivity index (χ1) is 7.83. The van der Waals surface area contributed by atoms with Gasteiger partial charge in [-0.1, -0.05) is 12.5 Å². The third kappa shape index (κ3) is 3.40. The van der Waals surface area contributed by atoms with Crippen LogP contribution in [0.1, 0.15) is 37.0 Å². The summed E-state index contributed by atoms with van der Waals surface area (Å²) in [6, 6.07) is 6.38. The average molecular weight is 309 g/mol. The highest BCUT2D eigenvalue weighted by molar-refractivity contribution is 7.09. The lowest BCUT2D eigenvalue weighted by molar-refractivity contribution is 0.0253. The van der Waals surface area contributed by atoms with Crippen molar-refractivity contribution in [2.45, 2.75) is 56.8 Å². The van der Waals surface area contributed by atoms with Crippen molar-refractivity contribution in [3.8, 4) is 0 Å². The van der Waals surface area contributed by atoms with Crippen LogP contribution >= 0.6 is 36.2 Å². The zero-order valence-electron chi connectivity index (χ0n) is 10.5. The summed E-state index contributed by atoms with van der Waals surface area (Å²) in [5, 5.41) is 2.18. The van der Waals surface area contributed by atoms with E-state index in [0.717, 1.165) is 18.6 Å². The fraction of sp³-hybridized carbons (Fsp3) is 0.692. The van der Waals surface area contributed by atoms with Gasteiger partial charge < -0.3 is 5.73 Å². The average Bonchev–Trinajstić information content (AvgIpc) is 2.72. The van der Waals surface area contributed by atoms with Crippen molar-refractivity contribution in [1.29, 1.82) is 0 Å². The number of nitrogens with zero attached hydrogens (tertiary/aromatic N) is 1. The third-order valence-corrected chi connectivity index (χ3v) is 4.94. The lowest BCUT2D eigenvalue weighted by Crippen LogP contribution is -2.54. The number of thiophene rings is 1. The highest BCUT2D eigenvalue weighted by Crippen LogP contribution is 2.34. The summed E-state index contributed by atoms with van der Waals surface area (Å²) in [5.41, 5.74) is 6.14. The number of piperidine rings is 2. The van der Waals surface area contributed by atoms with E-state index < -0.39 is 0 Å². The molecule has 0 aliphatic carbocycles. The van der Waals surface area contributed by atoms with Gasteiger partial charge in [-0.15, -0.1) is 36.2 Å². The van der Waals surface area contributed by atoms with Crippen molar-refractivity contribution in [1.82, 2.24) is 4.90 Å². The van der Waals surface area contributed by atoms with E-state index in [-0.39, 0.29) is 24.8 Å². The molecule has 2 aliphatic heterocycles. The quantitative estimate of drug-likeness (QED) is 0.907. The second-order valence-electron chi connectivity index (χ2n) is 5.22. The Balaban J connectivity index is 0.000000810. The van der Waals surface area contributed by atoms with Crippen LogP contribution in [0.2, 0.25) is 0 Å². The smallest absolute Gasteiger partial charge is 0.0333 e. The van der Waals surface area contributed by atoms with Crippen LogP contribution in [0.4, 0.5) is 0 Å². The molecule has 0 saturated carbocycles. The van der Waals surface area contributed by atoms with Crippen molar-refractivity contribution in [3.05, 3.63) is 22.4 Å². The van der Waals surface area contributed by atoms with Crippen molar-refractivity contribution in [2.75, 3.05) is 0 Å². The minimum atomic E-state index is 0. The van der Waals surface area contributed by atoms with Crippen LogP contribution in [0, 0.1) is 0 Å². The van der Waals surface area contributed by atoms with Gasteiger partial charge in [-0.05, 0) is 37.1 Å². The van der Waals surface area contributed by atoms with Gasteiger partial charge in [-0.25, -0.2) is 0 Å². The number of halogens is 2. The number of hydrogen-bond acceptors (Lipinski definition) is 3. The van der Waals surface area contributed by atoms with E-state index in [4.69, 9.17) is 5.73 Å². The first-order valence-electron chi connectivity index (χ1n) is 6.36. The van der Waals surface area contributed by atoms with E-state index in [9.17, 15) is 0 Å². The second-order valence-corrected chi connectivity index (χ2v) is 6.25. The van der Waals surface area contributed by atoms with E-state index in [2.05, 4.69) is 22.4 Å². The van der Waals surface area contributed by atoms with Crippen molar-refractivity contribution in [2.24, 2.45) is 5.73 Å². The van der Waals surface area contributed by atoms with Gasteiger partial charge >= 0.3 is 0 Å². The molecule has 2 N–H and O–H groups in total. The minimum absolute atomic E-state index is 0. The van der Waals surface area contributed by atoms with E-state index in [0.29, 0.717) is 6.04 Å². The second kappa shape index (κ2) is 7.11. The molecular formula is C13H22Cl2N2S. The lowest BCUT2D eigenvalue weighted by Gasteiger charge is -2.48.